The SMILES string of the molecule is CC(=O)NC(C)(C)CC(C)NCC1(CO)CCOCC1. The van der Waals surface area contributed by atoms with Crippen LogP contribution in [0.2, 0.25) is 0 Å². The van der Waals surface area contributed by atoms with Crippen LogP contribution in [0.25, 0.3) is 0 Å². The van der Waals surface area contributed by atoms with Crippen molar-refractivity contribution < 1.29 is 14.6 Å². The predicted octanol–water partition coefficient (Wildman–Crippen LogP) is 1.06. The van der Waals surface area contributed by atoms with Gasteiger partial charge in [0.15, 0.2) is 0 Å². The Hall–Kier alpha value is -0.650. The van der Waals surface area contributed by atoms with Gasteiger partial charge in [-0.3, -0.25) is 4.79 Å². The molecule has 1 amide bonds. The van der Waals surface area contributed by atoms with Crippen LogP contribution in [0.1, 0.15) is 47.0 Å². The van der Waals surface area contributed by atoms with Gasteiger partial charge < -0.3 is 20.5 Å². The zero-order chi connectivity index (χ0) is 15.2. The molecule has 3 N–H and O–H groups in total. The van der Waals surface area contributed by atoms with Crippen LogP contribution in [0.5, 0.6) is 0 Å². The molecule has 1 fully saturated rings. The van der Waals surface area contributed by atoms with Crippen molar-refractivity contribution in [2.45, 2.75) is 58.5 Å². The third kappa shape index (κ3) is 5.77. The largest absolute Gasteiger partial charge is 0.396 e. The zero-order valence-corrected chi connectivity index (χ0v) is 13.3. The van der Waals surface area contributed by atoms with Gasteiger partial charge >= 0.3 is 0 Å². The van der Waals surface area contributed by atoms with E-state index < -0.39 is 0 Å². The molecule has 0 aromatic rings. The Kier molecular flexibility index (Phi) is 6.43. The highest BCUT2D eigenvalue weighted by molar-refractivity contribution is 5.73. The third-order valence-corrected chi connectivity index (χ3v) is 4.05. The van der Waals surface area contributed by atoms with E-state index in [1.54, 1.807) is 6.92 Å². The van der Waals surface area contributed by atoms with Crippen LogP contribution in [-0.4, -0.2) is 49.0 Å². The van der Waals surface area contributed by atoms with Crippen molar-refractivity contribution in [1.82, 2.24) is 10.6 Å². The first-order chi connectivity index (χ1) is 9.29. The van der Waals surface area contributed by atoms with Crippen LogP contribution in [-0.2, 0) is 9.53 Å². The molecule has 1 aliphatic heterocycles. The molecule has 1 saturated heterocycles. The van der Waals surface area contributed by atoms with Crippen molar-refractivity contribution in [3.8, 4) is 0 Å². The number of carbonyl (C=O) groups is 1. The molecule has 5 heteroatoms. The van der Waals surface area contributed by atoms with Crippen molar-refractivity contribution in [3.05, 3.63) is 0 Å². The van der Waals surface area contributed by atoms with Gasteiger partial charge in [-0.1, -0.05) is 0 Å². The van der Waals surface area contributed by atoms with E-state index in [0.29, 0.717) is 0 Å². The fourth-order valence-corrected chi connectivity index (χ4v) is 2.95. The molecule has 0 spiro atoms. The molecular weight excluding hydrogens is 256 g/mol. The van der Waals surface area contributed by atoms with Crippen LogP contribution in [0.3, 0.4) is 0 Å². The van der Waals surface area contributed by atoms with Crippen molar-refractivity contribution in [2.24, 2.45) is 5.41 Å². The quantitative estimate of drug-likeness (QED) is 0.654. The molecule has 20 heavy (non-hydrogen) atoms. The lowest BCUT2D eigenvalue weighted by molar-refractivity contribution is -0.120. The van der Waals surface area contributed by atoms with Gasteiger partial charge in [-0.2, -0.15) is 0 Å². The molecule has 0 bridgehead atoms. The van der Waals surface area contributed by atoms with Gasteiger partial charge in [0.25, 0.3) is 0 Å². The summed E-state index contributed by atoms with van der Waals surface area (Å²) >= 11 is 0. The molecule has 1 rings (SSSR count). The second-order valence-corrected chi connectivity index (χ2v) is 6.82. The van der Waals surface area contributed by atoms with E-state index in [0.717, 1.165) is 39.0 Å². The number of amides is 1. The molecule has 1 heterocycles. The van der Waals surface area contributed by atoms with Gasteiger partial charge in [0.1, 0.15) is 0 Å². The Morgan fingerprint density at radius 3 is 2.50 bits per heavy atom. The second kappa shape index (κ2) is 7.38. The Labute approximate surface area is 122 Å². The van der Waals surface area contributed by atoms with Crippen LogP contribution >= 0.6 is 0 Å². The summed E-state index contributed by atoms with van der Waals surface area (Å²) in [4.78, 5) is 11.2. The smallest absolute Gasteiger partial charge is 0.217 e. The first-order valence-electron chi connectivity index (χ1n) is 7.49. The Balaban J connectivity index is 2.41. The van der Waals surface area contributed by atoms with E-state index in [-0.39, 0.29) is 29.5 Å². The van der Waals surface area contributed by atoms with Gasteiger partial charge in [0, 0.05) is 43.7 Å². The highest BCUT2D eigenvalue weighted by Crippen LogP contribution is 2.29. The summed E-state index contributed by atoms with van der Waals surface area (Å²) in [5, 5.41) is 16.1. The Morgan fingerprint density at radius 2 is 2.00 bits per heavy atom. The number of carbonyl (C=O) groups excluding carboxylic acids is 1. The number of nitrogens with one attached hydrogen (secondary N) is 2. The van der Waals surface area contributed by atoms with E-state index in [9.17, 15) is 9.90 Å². The van der Waals surface area contributed by atoms with Crippen LogP contribution in [0.15, 0.2) is 0 Å². The highest BCUT2D eigenvalue weighted by Gasteiger charge is 2.32. The molecule has 0 aromatic heterocycles. The van der Waals surface area contributed by atoms with Gasteiger partial charge in [-0.15, -0.1) is 0 Å². The summed E-state index contributed by atoms with van der Waals surface area (Å²) < 4.78 is 5.37. The third-order valence-electron chi connectivity index (χ3n) is 4.05. The number of rotatable bonds is 7. The molecule has 0 aliphatic carbocycles. The fourth-order valence-electron chi connectivity index (χ4n) is 2.95. The maximum absolute atomic E-state index is 11.2. The van der Waals surface area contributed by atoms with Gasteiger partial charge in [-0.25, -0.2) is 0 Å². The lowest BCUT2D eigenvalue weighted by Crippen LogP contribution is -2.49. The highest BCUT2D eigenvalue weighted by atomic mass is 16.5. The second-order valence-electron chi connectivity index (χ2n) is 6.82. The zero-order valence-electron chi connectivity index (χ0n) is 13.3. The number of aliphatic hydroxyl groups excluding tert-OH is 1. The predicted molar refractivity (Wildman–Crippen MR) is 79.5 cm³/mol. The maximum atomic E-state index is 11.2. The van der Waals surface area contributed by atoms with Gasteiger partial charge in [0.05, 0.1) is 6.61 Å². The molecule has 118 valence electrons. The monoisotopic (exact) mass is 286 g/mol. The lowest BCUT2D eigenvalue weighted by atomic mass is 9.80. The summed E-state index contributed by atoms with van der Waals surface area (Å²) in [7, 11) is 0. The van der Waals surface area contributed by atoms with Gasteiger partial charge in [-0.05, 0) is 40.0 Å². The van der Waals surface area contributed by atoms with E-state index >= 15 is 0 Å². The Bertz CT molecular complexity index is 312. The number of ether oxygens (including phenoxy) is 1. The van der Waals surface area contributed by atoms with E-state index in [1.807, 2.05) is 13.8 Å². The standard InChI is InChI=1S/C15H30N2O3/c1-12(9-14(3,4)17-13(2)19)16-10-15(11-18)5-7-20-8-6-15/h12,16,18H,5-11H2,1-4H3,(H,17,19). The van der Waals surface area contributed by atoms with Crippen LogP contribution in [0, 0.1) is 5.41 Å². The molecular formula is C15H30N2O3. The molecule has 1 aliphatic rings. The van der Waals surface area contributed by atoms with E-state index in [2.05, 4.69) is 17.6 Å². The minimum atomic E-state index is -0.222. The van der Waals surface area contributed by atoms with Gasteiger partial charge in [0.2, 0.25) is 5.91 Å². The maximum Gasteiger partial charge on any atom is 0.217 e. The first kappa shape index (κ1) is 17.4. The molecule has 1 atom stereocenters. The van der Waals surface area contributed by atoms with E-state index in [1.165, 1.54) is 0 Å². The average Bonchev–Trinajstić information content (AvgIpc) is 2.35. The minimum absolute atomic E-state index is 0.00143. The van der Waals surface area contributed by atoms with E-state index in [4.69, 9.17) is 4.74 Å². The number of hydrogen-bond donors (Lipinski definition) is 3. The molecule has 1 unspecified atom stereocenters. The number of hydrogen-bond acceptors (Lipinski definition) is 4. The molecule has 0 radical (unpaired) electrons. The van der Waals surface area contributed by atoms with Crippen LogP contribution < -0.4 is 10.6 Å². The van der Waals surface area contributed by atoms with Crippen LogP contribution in [0.4, 0.5) is 0 Å². The average molecular weight is 286 g/mol. The summed E-state index contributed by atoms with van der Waals surface area (Å²) in [6.07, 6.45) is 2.65. The minimum Gasteiger partial charge on any atom is -0.396 e. The lowest BCUT2D eigenvalue weighted by Gasteiger charge is -2.37. The summed E-state index contributed by atoms with van der Waals surface area (Å²) in [5.41, 5.74) is -0.273. The van der Waals surface area contributed by atoms with Crippen molar-refractivity contribution >= 4 is 5.91 Å². The summed E-state index contributed by atoms with van der Waals surface area (Å²) in [5.74, 6) is -0.00143. The van der Waals surface area contributed by atoms with Crippen molar-refractivity contribution in [3.63, 3.8) is 0 Å². The molecule has 0 aromatic carbocycles. The molecule has 5 nitrogen and oxygen atoms in total. The first-order valence-corrected chi connectivity index (χ1v) is 7.49. The number of aliphatic hydroxyl groups is 1. The summed E-state index contributed by atoms with van der Waals surface area (Å²) in [6.45, 7) is 10.2. The normalized spacial score (nSPS) is 20.4. The Morgan fingerprint density at radius 1 is 1.40 bits per heavy atom. The topological polar surface area (TPSA) is 70.6 Å². The summed E-state index contributed by atoms with van der Waals surface area (Å²) in [6, 6.07) is 0.281. The molecule has 0 saturated carbocycles. The fraction of sp³-hybridized carbons (Fsp3) is 0.933. The van der Waals surface area contributed by atoms with Crippen molar-refractivity contribution in [1.29, 1.82) is 0 Å². The van der Waals surface area contributed by atoms with Crippen molar-refractivity contribution in [2.75, 3.05) is 26.4 Å².